The van der Waals surface area contributed by atoms with Crippen LogP contribution in [0.5, 0.6) is 0 Å². The summed E-state index contributed by atoms with van der Waals surface area (Å²) in [6, 6.07) is 1.61. The lowest BCUT2D eigenvalue weighted by atomic mass is 9.82. The molecule has 3 rings (SSSR count). The van der Waals surface area contributed by atoms with Crippen LogP contribution in [0.3, 0.4) is 0 Å². The molecular formula is C15H27N3O2. The van der Waals surface area contributed by atoms with E-state index >= 15 is 0 Å². The van der Waals surface area contributed by atoms with E-state index in [9.17, 15) is 9.90 Å². The van der Waals surface area contributed by atoms with Crippen molar-refractivity contribution in [2.24, 2.45) is 0 Å². The van der Waals surface area contributed by atoms with Crippen LogP contribution in [0.4, 0.5) is 4.79 Å². The van der Waals surface area contributed by atoms with Gasteiger partial charge in [-0.3, -0.25) is 0 Å². The molecule has 3 aliphatic heterocycles. The molecule has 2 N–H and O–H groups in total. The summed E-state index contributed by atoms with van der Waals surface area (Å²) >= 11 is 0. The van der Waals surface area contributed by atoms with Crippen molar-refractivity contribution in [3.8, 4) is 0 Å². The average molecular weight is 281 g/mol. The van der Waals surface area contributed by atoms with Gasteiger partial charge in [0, 0.05) is 31.2 Å². The van der Waals surface area contributed by atoms with Gasteiger partial charge in [-0.05, 0) is 45.6 Å². The number of aliphatic hydroxyl groups excluding tert-OH is 1. The molecule has 20 heavy (non-hydrogen) atoms. The van der Waals surface area contributed by atoms with Gasteiger partial charge in [0.1, 0.15) is 0 Å². The number of hydrogen-bond acceptors (Lipinski definition) is 3. The van der Waals surface area contributed by atoms with Crippen LogP contribution in [-0.4, -0.2) is 65.3 Å². The molecule has 0 aliphatic carbocycles. The van der Waals surface area contributed by atoms with Crippen molar-refractivity contribution >= 4 is 6.03 Å². The number of likely N-dealkylation sites (tertiary alicyclic amines) is 1. The summed E-state index contributed by atoms with van der Waals surface area (Å²) < 4.78 is 0. The van der Waals surface area contributed by atoms with E-state index in [0.29, 0.717) is 24.7 Å². The van der Waals surface area contributed by atoms with E-state index in [-0.39, 0.29) is 12.1 Å². The largest absolute Gasteiger partial charge is 0.391 e. The van der Waals surface area contributed by atoms with Gasteiger partial charge in [0.15, 0.2) is 0 Å². The van der Waals surface area contributed by atoms with Crippen LogP contribution in [0.2, 0.25) is 0 Å². The van der Waals surface area contributed by atoms with Gasteiger partial charge in [-0.25, -0.2) is 4.79 Å². The molecule has 0 aromatic carbocycles. The molecule has 5 nitrogen and oxygen atoms in total. The van der Waals surface area contributed by atoms with Crippen LogP contribution in [0.25, 0.3) is 0 Å². The van der Waals surface area contributed by atoms with Crippen molar-refractivity contribution in [1.29, 1.82) is 0 Å². The van der Waals surface area contributed by atoms with E-state index in [2.05, 4.69) is 17.3 Å². The lowest BCUT2D eigenvalue weighted by molar-refractivity contribution is 0.0460. The van der Waals surface area contributed by atoms with E-state index < -0.39 is 0 Å². The molecule has 0 saturated carbocycles. The van der Waals surface area contributed by atoms with Crippen LogP contribution in [0.1, 0.15) is 44.9 Å². The van der Waals surface area contributed by atoms with Crippen molar-refractivity contribution in [2.75, 3.05) is 20.1 Å². The number of hydrogen-bond donors (Lipinski definition) is 2. The Labute approximate surface area is 121 Å². The molecule has 2 amide bonds. The van der Waals surface area contributed by atoms with Crippen molar-refractivity contribution in [3.63, 3.8) is 0 Å². The Morgan fingerprint density at radius 1 is 1.15 bits per heavy atom. The fourth-order valence-electron chi connectivity index (χ4n) is 4.14. The second kappa shape index (κ2) is 5.90. The second-order valence-corrected chi connectivity index (χ2v) is 6.76. The average Bonchev–Trinajstić information content (AvgIpc) is 2.40. The van der Waals surface area contributed by atoms with E-state index in [1.165, 1.54) is 19.3 Å². The maximum Gasteiger partial charge on any atom is 0.317 e. The van der Waals surface area contributed by atoms with Crippen molar-refractivity contribution in [3.05, 3.63) is 0 Å². The number of amides is 2. The molecular weight excluding hydrogens is 254 g/mol. The fourth-order valence-corrected chi connectivity index (χ4v) is 4.14. The Kier molecular flexibility index (Phi) is 4.17. The molecule has 3 saturated heterocycles. The van der Waals surface area contributed by atoms with E-state index in [0.717, 1.165) is 32.2 Å². The first kappa shape index (κ1) is 14.1. The standard InChI is InChI=1S/C15H27N3O2/c1-17-12-4-2-5-13(17)9-11(8-12)16-15(20)18-7-3-6-14(19)10-18/h11-14,19H,2-10H2,1H3,(H,16,20)/t12-,13-,14+/m0/s1. The Morgan fingerprint density at radius 3 is 2.50 bits per heavy atom. The summed E-state index contributed by atoms with van der Waals surface area (Å²) in [5.41, 5.74) is 0. The number of aliphatic hydroxyl groups is 1. The molecule has 0 aromatic heterocycles. The maximum atomic E-state index is 12.3. The Hall–Kier alpha value is -0.810. The lowest BCUT2D eigenvalue weighted by Gasteiger charge is -2.47. The molecule has 3 atom stereocenters. The molecule has 0 radical (unpaired) electrons. The number of β-amino-alcohol motifs (C(OH)–C–C–N with tert-alkyl or cyclic N) is 1. The van der Waals surface area contributed by atoms with Gasteiger partial charge >= 0.3 is 6.03 Å². The first-order valence-corrected chi connectivity index (χ1v) is 8.09. The van der Waals surface area contributed by atoms with Crippen LogP contribution in [0, 0.1) is 0 Å². The number of carbonyl (C=O) groups is 1. The molecule has 2 bridgehead atoms. The number of nitrogens with zero attached hydrogens (tertiary/aromatic N) is 2. The summed E-state index contributed by atoms with van der Waals surface area (Å²) in [5, 5.41) is 12.9. The first-order chi connectivity index (χ1) is 9.63. The fraction of sp³-hybridized carbons (Fsp3) is 0.933. The highest BCUT2D eigenvalue weighted by atomic mass is 16.3. The third kappa shape index (κ3) is 2.93. The minimum atomic E-state index is -0.341. The minimum absolute atomic E-state index is 0.0244. The zero-order valence-electron chi connectivity index (χ0n) is 12.4. The number of urea groups is 1. The SMILES string of the molecule is CN1[C@H]2CCC[C@H]1CC(NC(=O)N1CCC[C@@H](O)C1)C2. The summed E-state index contributed by atoms with van der Waals surface area (Å²) in [5.74, 6) is 0. The Balaban J connectivity index is 1.54. The zero-order chi connectivity index (χ0) is 14.1. The van der Waals surface area contributed by atoms with Gasteiger partial charge in [-0.1, -0.05) is 6.42 Å². The molecule has 3 aliphatic rings. The van der Waals surface area contributed by atoms with Gasteiger partial charge in [0.05, 0.1) is 6.10 Å². The highest BCUT2D eigenvalue weighted by Crippen LogP contribution is 2.32. The number of piperidine rings is 3. The summed E-state index contributed by atoms with van der Waals surface area (Å²) in [4.78, 5) is 16.6. The molecule has 0 spiro atoms. The highest BCUT2D eigenvalue weighted by molar-refractivity contribution is 5.74. The number of rotatable bonds is 1. The lowest BCUT2D eigenvalue weighted by Crippen LogP contribution is -2.57. The molecule has 114 valence electrons. The zero-order valence-corrected chi connectivity index (χ0v) is 12.4. The highest BCUT2D eigenvalue weighted by Gasteiger charge is 2.37. The monoisotopic (exact) mass is 281 g/mol. The Morgan fingerprint density at radius 2 is 1.85 bits per heavy atom. The Bertz CT molecular complexity index is 349. The van der Waals surface area contributed by atoms with Crippen molar-refractivity contribution in [1.82, 2.24) is 15.1 Å². The molecule has 5 heteroatoms. The van der Waals surface area contributed by atoms with Crippen LogP contribution < -0.4 is 5.32 Å². The van der Waals surface area contributed by atoms with E-state index in [1.54, 1.807) is 4.90 Å². The van der Waals surface area contributed by atoms with E-state index in [1.807, 2.05) is 0 Å². The topological polar surface area (TPSA) is 55.8 Å². The number of nitrogens with one attached hydrogen (secondary N) is 1. The van der Waals surface area contributed by atoms with Crippen LogP contribution in [0.15, 0.2) is 0 Å². The van der Waals surface area contributed by atoms with Gasteiger partial charge in [-0.15, -0.1) is 0 Å². The summed E-state index contributed by atoms with van der Waals surface area (Å²) in [7, 11) is 2.23. The minimum Gasteiger partial charge on any atom is -0.391 e. The first-order valence-electron chi connectivity index (χ1n) is 8.09. The third-order valence-corrected chi connectivity index (χ3v) is 5.35. The summed E-state index contributed by atoms with van der Waals surface area (Å²) in [6.07, 6.45) is 7.41. The maximum absolute atomic E-state index is 12.3. The van der Waals surface area contributed by atoms with Crippen LogP contribution >= 0.6 is 0 Å². The third-order valence-electron chi connectivity index (χ3n) is 5.35. The number of carbonyl (C=O) groups excluding carboxylic acids is 1. The number of fused-ring (bicyclic) bond motifs is 2. The predicted molar refractivity (Wildman–Crippen MR) is 77.6 cm³/mol. The quantitative estimate of drug-likeness (QED) is 0.758. The molecule has 3 fully saturated rings. The second-order valence-electron chi connectivity index (χ2n) is 6.76. The van der Waals surface area contributed by atoms with Gasteiger partial charge in [0.25, 0.3) is 0 Å². The van der Waals surface area contributed by atoms with Gasteiger partial charge < -0.3 is 20.2 Å². The van der Waals surface area contributed by atoms with Gasteiger partial charge in [0.2, 0.25) is 0 Å². The smallest absolute Gasteiger partial charge is 0.317 e. The summed E-state index contributed by atoms with van der Waals surface area (Å²) in [6.45, 7) is 1.27. The normalized spacial score (nSPS) is 38.6. The molecule has 3 heterocycles. The van der Waals surface area contributed by atoms with Crippen molar-refractivity contribution < 1.29 is 9.90 Å². The molecule has 0 unspecified atom stereocenters. The predicted octanol–water partition coefficient (Wildman–Crippen LogP) is 1.17. The van der Waals surface area contributed by atoms with Gasteiger partial charge in [-0.2, -0.15) is 0 Å². The molecule has 0 aromatic rings. The van der Waals surface area contributed by atoms with Crippen LogP contribution in [-0.2, 0) is 0 Å². The van der Waals surface area contributed by atoms with E-state index in [4.69, 9.17) is 0 Å². The van der Waals surface area contributed by atoms with Crippen molar-refractivity contribution in [2.45, 2.75) is 69.2 Å².